The van der Waals surface area contributed by atoms with Gasteiger partial charge in [0.2, 0.25) is 5.91 Å². The van der Waals surface area contributed by atoms with Gasteiger partial charge in [0, 0.05) is 19.1 Å². The van der Waals surface area contributed by atoms with Crippen molar-refractivity contribution < 1.29 is 29.1 Å². The molecule has 0 aromatic carbocycles. The summed E-state index contributed by atoms with van der Waals surface area (Å²) in [6, 6.07) is -1.41. The monoisotopic (exact) mass is 337 g/mol. The van der Waals surface area contributed by atoms with Crippen LogP contribution in [0.25, 0.3) is 0 Å². The van der Waals surface area contributed by atoms with Gasteiger partial charge in [0.15, 0.2) is 0 Å². The number of hydrogen-bond acceptors (Lipinski definition) is 5. The Hall–Kier alpha value is -2.71. The third-order valence-electron chi connectivity index (χ3n) is 4.37. The first-order valence-electron chi connectivity index (χ1n) is 7.60. The third kappa shape index (κ3) is 3.01. The van der Waals surface area contributed by atoms with Crippen molar-refractivity contribution in [1.82, 2.24) is 14.7 Å². The van der Waals surface area contributed by atoms with E-state index >= 15 is 0 Å². The third-order valence-corrected chi connectivity index (χ3v) is 4.37. The number of urea groups is 1. The van der Waals surface area contributed by atoms with Crippen LogP contribution in [0.4, 0.5) is 4.79 Å². The molecule has 2 aliphatic rings. The second kappa shape index (κ2) is 6.81. The number of nitrogens with zero attached hydrogens (tertiary/aromatic N) is 3. The minimum absolute atomic E-state index is 0.116. The van der Waals surface area contributed by atoms with E-state index in [2.05, 4.69) is 6.58 Å². The molecule has 2 atom stereocenters. The second-order valence-electron chi connectivity index (χ2n) is 5.79. The molecule has 0 aliphatic carbocycles. The van der Waals surface area contributed by atoms with Gasteiger partial charge in [0.25, 0.3) is 0 Å². The van der Waals surface area contributed by atoms with Crippen molar-refractivity contribution in [1.29, 1.82) is 0 Å². The zero-order valence-corrected chi connectivity index (χ0v) is 13.3. The van der Waals surface area contributed by atoms with E-state index in [1.165, 1.54) is 11.0 Å². The quantitative estimate of drug-likeness (QED) is 0.417. The van der Waals surface area contributed by atoms with Gasteiger partial charge in [-0.15, -0.1) is 6.58 Å². The molecule has 0 aromatic rings. The predicted octanol–water partition coefficient (Wildman–Crippen LogP) is -0.325. The summed E-state index contributed by atoms with van der Waals surface area (Å²) in [6.45, 7) is 4.69. The Balaban J connectivity index is 2.10. The first-order chi connectivity index (χ1) is 11.3. The molecule has 0 unspecified atom stereocenters. The normalized spacial score (nSPS) is 24.5. The van der Waals surface area contributed by atoms with Crippen LogP contribution in [-0.4, -0.2) is 75.2 Å². The predicted molar refractivity (Wildman–Crippen MR) is 80.6 cm³/mol. The molecule has 9 heteroatoms. The van der Waals surface area contributed by atoms with Gasteiger partial charge in [0.05, 0.1) is 5.92 Å². The van der Waals surface area contributed by atoms with Gasteiger partial charge >= 0.3 is 23.8 Å². The molecule has 2 fully saturated rings. The van der Waals surface area contributed by atoms with Crippen molar-refractivity contribution in [3.63, 3.8) is 0 Å². The summed E-state index contributed by atoms with van der Waals surface area (Å²) in [4.78, 5) is 62.0. The molecule has 0 aromatic heterocycles. The van der Waals surface area contributed by atoms with Gasteiger partial charge in [-0.2, -0.15) is 0 Å². The molecule has 1 N–H and O–H groups in total. The van der Waals surface area contributed by atoms with Crippen molar-refractivity contribution in [2.45, 2.75) is 25.8 Å². The number of carbonyl (C=O) groups excluding carboxylic acids is 4. The number of imide groups is 2. The number of carboxylic acids is 1. The second-order valence-corrected chi connectivity index (χ2v) is 5.79. The SMILES string of the molecule is C=CCN1C(=O)C(=O)N(CC(=O)N2CCC[C@@H](C(=O)O)[C@H]2C)C1=O. The Kier molecular flexibility index (Phi) is 5.01. The summed E-state index contributed by atoms with van der Waals surface area (Å²) in [5.74, 6) is -4.28. The van der Waals surface area contributed by atoms with Crippen LogP contribution in [0.15, 0.2) is 12.7 Å². The largest absolute Gasteiger partial charge is 0.481 e. The zero-order valence-electron chi connectivity index (χ0n) is 13.3. The molecule has 9 nitrogen and oxygen atoms in total. The van der Waals surface area contributed by atoms with Gasteiger partial charge in [-0.1, -0.05) is 6.08 Å². The maximum absolute atomic E-state index is 12.4. The van der Waals surface area contributed by atoms with E-state index in [-0.39, 0.29) is 6.54 Å². The number of aliphatic carboxylic acids is 1. The lowest BCUT2D eigenvalue weighted by molar-refractivity contribution is -0.150. The van der Waals surface area contributed by atoms with Crippen LogP contribution >= 0.6 is 0 Å². The Morgan fingerprint density at radius 3 is 2.46 bits per heavy atom. The number of likely N-dealkylation sites (tertiary alicyclic amines) is 1. The van der Waals surface area contributed by atoms with E-state index in [1.807, 2.05) is 0 Å². The lowest BCUT2D eigenvalue weighted by Gasteiger charge is -2.38. The van der Waals surface area contributed by atoms with Crippen LogP contribution in [0, 0.1) is 5.92 Å². The molecule has 24 heavy (non-hydrogen) atoms. The van der Waals surface area contributed by atoms with E-state index in [0.717, 1.165) is 0 Å². The van der Waals surface area contributed by atoms with E-state index in [9.17, 15) is 29.1 Å². The van der Waals surface area contributed by atoms with Crippen molar-refractivity contribution in [2.24, 2.45) is 5.92 Å². The topological polar surface area (TPSA) is 115 Å². The van der Waals surface area contributed by atoms with Crippen LogP contribution < -0.4 is 0 Å². The van der Waals surface area contributed by atoms with Crippen LogP contribution in [-0.2, 0) is 19.2 Å². The minimum Gasteiger partial charge on any atom is -0.481 e. The highest BCUT2D eigenvalue weighted by Crippen LogP contribution is 2.24. The number of rotatable bonds is 5. The van der Waals surface area contributed by atoms with Crippen molar-refractivity contribution in [2.75, 3.05) is 19.6 Å². The fourth-order valence-electron chi connectivity index (χ4n) is 3.03. The Morgan fingerprint density at radius 2 is 1.88 bits per heavy atom. The Morgan fingerprint density at radius 1 is 1.25 bits per heavy atom. The fraction of sp³-hybridized carbons (Fsp3) is 0.533. The summed E-state index contributed by atoms with van der Waals surface area (Å²) < 4.78 is 0. The average molecular weight is 337 g/mol. The van der Waals surface area contributed by atoms with Crippen molar-refractivity contribution in [3.8, 4) is 0 Å². The van der Waals surface area contributed by atoms with Crippen molar-refractivity contribution >= 4 is 29.7 Å². The maximum atomic E-state index is 12.4. The molecule has 0 spiro atoms. The summed E-state index contributed by atoms with van der Waals surface area (Å²) in [6.07, 6.45) is 2.29. The lowest BCUT2D eigenvalue weighted by Crippen LogP contribution is -2.52. The highest BCUT2D eigenvalue weighted by Gasteiger charge is 2.46. The van der Waals surface area contributed by atoms with E-state index in [4.69, 9.17) is 0 Å². The molecular weight excluding hydrogens is 318 g/mol. The summed E-state index contributed by atoms with van der Waals surface area (Å²) in [5.41, 5.74) is 0. The molecule has 5 amide bonds. The molecule has 0 radical (unpaired) electrons. The van der Waals surface area contributed by atoms with Gasteiger partial charge in [-0.05, 0) is 19.8 Å². The van der Waals surface area contributed by atoms with Crippen LogP contribution in [0.1, 0.15) is 19.8 Å². The number of piperidine rings is 1. The molecule has 2 rings (SSSR count). The molecule has 2 heterocycles. The molecule has 0 saturated carbocycles. The van der Waals surface area contributed by atoms with Gasteiger partial charge in [0.1, 0.15) is 6.54 Å². The van der Waals surface area contributed by atoms with E-state index in [1.54, 1.807) is 6.92 Å². The standard InChI is InChI=1S/C15H19N3O6/c1-3-6-17-12(20)13(21)18(15(17)24)8-11(19)16-7-4-5-10(9(16)2)14(22)23/h3,9-10H,1,4-8H2,2H3,(H,22,23)/t9-,10-/m1/s1. The summed E-state index contributed by atoms with van der Waals surface area (Å²) >= 11 is 0. The lowest BCUT2D eigenvalue weighted by atomic mass is 9.90. The summed E-state index contributed by atoms with van der Waals surface area (Å²) in [5, 5.41) is 9.19. The first-order valence-corrected chi connectivity index (χ1v) is 7.60. The summed E-state index contributed by atoms with van der Waals surface area (Å²) in [7, 11) is 0. The maximum Gasteiger partial charge on any atom is 0.335 e. The molecule has 2 saturated heterocycles. The first kappa shape index (κ1) is 17.6. The van der Waals surface area contributed by atoms with Crippen molar-refractivity contribution in [3.05, 3.63) is 12.7 Å². The van der Waals surface area contributed by atoms with Crippen LogP contribution in [0.3, 0.4) is 0 Å². The van der Waals surface area contributed by atoms with E-state index < -0.39 is 48.2 Å². The Bertz CT molecular complexity index is 616. The van der Waals surface area contributed by atoms with Gasteiger partial charge in [-0.25, -0.2) is 9.69 Å². The van der Waals surface area contributed by atoms with Gasteiger partial charge < -0.3 is 10.0 Å². The van der Waals surface area contributed by atoms with Crippen LogP contribution in [0.5, 0.6) is 0 Å². The number of carbonyl (C=O) groups is 5. The number of amides is 5. The average Bonchev–Trinajstić information content (AvgIpc) is 2.73. The molecule has 2 aliphatic heterocycles. The van der Waals surface area contributed by atoms with Crippen LogP contribution in [0.2, 0.25) is 0 Å². The molecule has 0 bridgehead atoms. The Labute approximate surface area is 138 Å². The number of carboxylic acid groups (broad SMARTS) is 1. The van der Waals surface area contributed by atoms with Gasteiger partial charge in [-0.3, -0.25) is 24.1 Å². The fourth-order valence-corrected chi connectivity index (χ4v) is 3.03. The van der Waals surface area contributed by atoms with E-state index in [0.29, 0.717) is 29.2 Å². The smallest absolute Gasteiger partial charge is 0.335 e. The minimum atomic E-state index is -1.06. The highest BCUT2D eigenvalue weighted by atomic mass is 16.4. The molecular formula is C15H19N3O6. The molecule has 130 valence electrons. The highest BCUT2D eigenvalue weighted by molar-refractivity contribution is 6.45. The number of hydrogen-bond donors (Lipinski definition) is 1. The zero-order chi connectivity index (χ0) is 18.0.